The van der Waals surface area contributed by atoms with Crippen molar-refractivity contribution in [2.75, 3.05) is 19.9 Å². The van der Waals surface area contributed by atoms with Crippen LogP contribution in [-0.4, -0.2) is 25.9 Å². The summed E-state index contributed by atoms with van der Waals surface area (Å²) in [6.07, 6.45) is 1.10. The Hall–Kier alpha value is -2.69. The molecule has 0 aromatic heterocycles. The van der Waals surface area contributed by atoms with Crippen molar-refractivity contribution in [1.82, 2.24) is 5.32 Å². The summed E-state index contributed by atoms with van der Waals surface area (Å²) in [6, 6.07) is 11.9. The highest BCUT2D eigenvalue weighted by Gasteiger charge is 2.13. The third kappa shape index (κ3) is 4.89. The van der Waals surface area contributed by atoms with Crippen LogP contribution in [0.25, 0.3) is 0 Å². The van der Waals surface area contributed by atoms with Crippen LogP contribution in [0.15, 0.2) is 36.4 Å². The van der Waals surface area contributed by atoms with Gasteiger partial charge in [-0.3, -0.25) is 4.79 Å². The van der Waals surface area contributed by atoms with Crippen molar-refractivity contribution in [3.05, 3.63) is 53.1 Å². The molecule has 0 radical (unpaired) electrons. The molecular formula is C20H23NO4. The van der Waals surface area contributed by atoms with Crippen LogP contribution in [0.4, 0.5) is 0 Å². The van der Waals surface area contributed by atoms with Crippen molar-refractivity contribution in [3.8, 4) is 17.2 Å². The highest BCUT2D eigenvalue weighted by Crippen LogP contribution is 2.32. The maximum Gasteiger partial charge on any atom is 0.231 e. The molecule has 0 unspecified atom stereocenters. The molecule has 1 N–H and O–H groups in total. The average molecular weight is 341 g/mol. The second-order valence-electron chi connectivity index (χ2n) is 6.21. The minimum absolute atomic E-state index is 0.0155. The van der Waals surface area contributed by atoms with Crippen LogP contribution in [0.3, 0.4) is 0 Å². The molecule has 3 rings (SSSR count). The van der Waals surface area contributed by atoms with E-state index in [0.29, 0.717) is 26.0 Å². The van der Waals surface area contributed by atoms with Crippen LogP contribution in [0.5, 0.6) is 17.2 Å². The molecule has 0 saturated heterocycles. The van der Waals surface area contributed by atoms with Crippen molar-refractivity contribution in [2.45, 2.75) is 26.7 Å². The van der Waals surface area contributed by atoms with E-state index in [2.05, 4.69) is 11.4 Å². The monoisotopic (exact) mass is 341 g/mol. The number of nitrogens with one attached hydrogen (secondary N) is 1. The summed E-state index contributed by atoms with van der Waals surface area (Å²) < 4.78 is 16.3. The van der Waals surface area contributed by atoms with Crippen LogP contribution in [0, 0.1) is 13.8 Å². The first kappa shape index (κ1) is 17.1. The van der Waals surface area contributed by atoms with Crippen molar-refractivity contribution >= 4 is 5.91 Å². The lowest BCUT2D eigenvalue weighted by molar-refractivity contribution is -0.121. The summed E-state index contributed by atoms with van der Waals surface area (Å²) in [5.41, 5.74) is 3.40. The molecule has 2 aromatic rings. The molecule has 2 aromatic carbocycles. The fourth-order valence-electron chi connectivity index (χ4n) is 2.82. The molecule has 0 spiro atoms. The topological polar surface area (TPSA) is 56.8 Å². The highest BCUT2D eigenvalue weighted by molar-refractivity contribution is 5.76. The van der Waals surface area contributed by atoms with Crippen LogP contribution in [0.1, 0.15) is 23.1 Å². The number of fused-ring (bicyclic) bond motifs is 1. The molecule has 0 fully saturated rings. The predicted molar refractivity (Wildman–Crippen MR) is 95.3 cm³/mol. The summed E-state index contributed by atoms with van der Waals surface area (Å²) in [4.78, 5) is 11.9. The number of carbonyl (C=O) groups excluding carboxylic acids is 1. The van der Waals surface area contributed by atoms with Crippen LogP contribution < -0.4 is 19.5 Å². The zero-order valence-electron chi connectivity index (χ0n) is 14.6. The first-order chi connectivity index (χ1) is 12.1. The second kappa shape index (κ2) is 7.92. The molecule has 0 atom stereocenters. The Balaban J connectivity index is 1.37. The molecule has 1 amide bonds. The van der Waals surface area contributed by atoms with Gasteiger partial charge in [-0.2, -0.15) is 0 Å². The van der Waals surface area contributed by atoms with Gasteiger partial charge in [0.15, 0.2) is 11.5 Å². The number of ether oxygens (including phenoxy) is 3. The quantitative estimate of drug-likeness (QED) is 0.786. The molecule has 0 aliphatic carbocycles. The molecule has 5 nitrogen and oxygen atoms in total. The zero-order valence-corrected chi connectivity index (χ0v) is 14.6. The maximum atomic E-state index is 11.9. The lowest BCUT2D eigenvalue weighted by atomic mass is 10.1. The second-order valence-corrected chi connectivity index (χ2v) is 6.21. The Morgan fingerprint density at radius 3 is 2.64 bits per heavy atom. The number of hydrogen-bond acceptors (Lipinski definition) is 4. The van der Waals surface area contributed by atoms with Gasteiger partial charge in [0.25, 0.3) is 0 Å². The van der Waals surface area contributed by atoms with Gasteiger partial charge < -0.3 is 19.5 Å². The summed E-state index contributed by atoms with van der Waals surface area (Å²) in [6.45, 7) is 5.29. The third-order valence-electron chi connectivity index (χ3n) is 3.97. The molecule has 0 bridgehead atoms. The third-order valence-corrected chi connectivity index (χ3v) is 3.97. The number of amides is 1. The number of hydrogen-bond donors (Lipinski definition) is 1. The predicted octanol–water partition coefficient (Wildman–Crippen LogP) is 3.16. The summed E-state index contributed by atoms with van der Waals surface area (Å²) in [5.74, 6) is 2.37. The fourth-order valence-corrected chi connectivity index (χ4v) is 2.82. The minimum Gasteiger partial charge on any atom is -0.492 e. The SMILES string of the molecule is Cc1cc(C)cc(OCCNC(=O)CCc2ccc3c(c2)OCO3)c1. The number of rotatable bonds is 7. The highest BCUT2D eigenvalue weighted by atomic mass is 16.7. The van der Waals surface area contributed by atoms with Crippen molar-refractivity contribution in [1.29, 1.82) is 0 Å². The molecular weight excluding hydrogens is 318 g/mol. The molecule has 0 saturated carbocycles. The Morgan fingerprint density at radius 1 is 1.08 bits per heavy atom. The first-order valence-corrected chi connectivity index (χ1v) is 8.46. The van der Waals surface area contributed by atoms with Gasteiger partial charge >= 0.3 is 0 Å². The van der Waals surface area contributed by atoms with Crippen LogP contribution in [0.2, 0.25) is 0 Å². The molecule has 132 valence electrons. The van der Waals surface area contributed by atoms with E-state index in [1.165, 1.54) is 11.1 Å². The van der Waals surface area contributed by atoms with E-state index in [0.717, 1.165) is 22.8 Å². The lowest BCUT2D eigenvalue weighted by Crippen LogP contribution is -2.28. The van der Waals surface area contributed by atoms with Gasteiger partial charge in [-0.05, 0) is 61.2 Å². The van der Waals surface area contributed by atoms with Crippen molar-refractivity contribution in [2.24, 2.45) is 0 Å². The van der Waals surface area contributed by atoms with Gasteiger partial charge in [-0.15, -0.1) is 0 Å². The molecule has 25 heavy (non-hydrogen) atoms. The maximum absolute atomic E-state index is 11.9. The summed E-state index contributed by atoms with van der Waals surface area (Å²) in [5, 5.41) is 2.88. The van der Waals surface area contributed by atoms with E-state index in [9.17, 15) is 4.79 Å². The Morgan fingerprint density at radius 2 is 1.84 bits per heavy atom. The Bertz CT molecular complexity index is 737. The van der Waals surface area contributed by atoms with E-state index in [1.54, 1.807) is 0 Å². The van der Waals surface area contributed by atoms with Gasteiger partial charge in [0.2, 0.25) is 12.7 Å². The van der Waals surface area contributed by atoms with E-state index in [4.69, 9.17) is 14.2 Å². The van der Waals surface area contributed by atoms with Gasteiger partial charge in [-0.1, -0.05) is 12.1 Å². The van der Waals surface area contributed by atoms with Crippen LogP contribution in [-0.2, 0) is 11.2 Å². The fraction of sp³-hybridized carbons (Fsp3) is 0.350. The first-order valence-electron chi connectivity index (χ1n) is 8.46. The normalized spacial score (nSPS) is 12.1. The van der Waals surface area contributed by atoms with Crippen molar-refractivity contribution < 1.29 is 19.0 Å². The lowest BCUT2D eigenvalue weighted by Gasteiger charge is -2.09. The van der Waals surface area contributed by atoms with E-state index in [1.807, 2.05) is 44.2 Å². The summed E-state index contributed by atoms with van der Waals surface area (Å²) >= 11 is 0. The molecule has 1 aliphatic rings. The van der Waals surface area contributed by atoms with E-state index >= 15 is 0 Å². The molecule has 1 aliphatic heterocycles. The van der Waals surface area contributed by atoms with Gasteiger partial charge in [0.1, 0.15) is 12.4 Å². The zero-order chi connectivity index (χ0) is 17.6. The molecule has 1 heterocycles. The van der Waals surface area contributed by atoms with Gasteiger partial charge in [0.05, 0.1) is 6.54 Å². The Labute approximate surface area is 147 Å². The molecule has 5 heteroatoms. The van der Waals surface area contributed by atoms with E-state index in [-0.39, 0.29) is 12.7 Å². The average Bonchev–Trinajstić information content (AvgIpc) is 3.04. The Kier molecular flexibility index (Phi) is 5.43. The largest absolute Gasteiger partial charge is 0.492 e. The van der Waals surface area contributed by atoms with Crippen molar-refractivity contribution in [3.63, 3.8) is 0 Å². The van der Waals surface area contributed by atoms with E-state index < -0.39 is 0 Å². The number of benzene rings is 2. The standard InChI is InChI=1S/C20H23NO4/c1-14-9-15(2)11-17(10-14)23-8-7-21-20(22)6-4-16-3-5-18-19(12-16)25-13-24-18/h3,5,9-12H,4,6-8,13H2,1-2H3,(H,21,22). The van der Waals surface area contributed by atoms with Crippen LogP contribution >= 0.6 is 0 Å². The smallest absolute Gasteiger partial charge is 0.231 e. The van der Waals surface area contributed by atoms with Gasteiger partial charge in [-0.25, -0.2) is 0 Å². The number of carbonyl (C=O) groups is 1. The minimum atomic E-state index is 0.0155. The number of aryl methyl sites for hydroxylation is 3. The summed E-state index contributed by atoms with van der Waals surface area (Å²) in [7, 11) is 0. The van der Waals surface area contributed by atoms with Gasteiger partial charge in [0, 0.05) is 6.42 Å².